The van der Waals surface area contributed by atoms with E-state index in [-0.39, 0.29) is 11.8 Å². The SMILES string of the molecule is CN(Cc1ccccc1)C(=O)Cc1ccc2cc(C(=O)Nc3ccccc3N)sc2c1. The maximum atomic E-state index is 12.7. The number of thiophene rings is 1. The van der Waals surface area contributed by atoms with Crippen LogP contribution < -0.4 is 11.1 Å². The molecule has 0 unspecified atom stereocenters. The number of amides is 2. The fraction of sp³-hybridized carbons (Fsp3) is 0.120. The molecule has 6 heteroatoms. The van der Waals surface area contributed by atoms with Crippen LogP contribution in [0, 0.1) is 0 Å². The molecule has 2 amide bonds. The highest BCUT2D eigenvalue weighted by molar-refractivity contribution is 7.20. The molecular weight excluding hydrogens is 406 g/mol. The van der Waals surface area contributed by atoms with Crippen molar-refractivity contribution >= 4 is 44.6 Å². The van der Waals surface area contributed by atoms with Crippen LogP contribution in [-0.4, -0.2) is 23.8 Å². The molecule has 0 saturated carbocycles. The van der Waals surface area contributed by atoms with Crippen molar-refractivity contribution in [2.24, 2.45) is 0 Å². The van der Waals surface area contributed by atoms with Crippen LogP contribution in [0.4, 0.5) is 11.4 Å². The van der Waals surface area contributed by atoms with E-state index < -0.39 is 0 Å². The Kier molecular flexibility index (Phi) is 6.00. The number of nitrogens with one attached hydrogen (secondary N) is 1. The third kappa shape index (κ3) is 4.92. The lowest BCUT2D eigenvalue weighted by atomic mass is 10.1. The minimum Gasteiger partial charge on any atom is -0.397 e. The molecule has 1 aromatic heterocycles. The van der Waals surface area contributed by atoms with Crippen LogP contribution in [0.25, 0.3) is 10.1 Å². The number of carbonyl (C=O) groups excluding carboxylic acids is 2. The number of nitrogens with two attached hydrogens (primary N) is 1. The first kappa shape index (κ1) is 20.6. The number of para-hydroxylation sites is 2. The summed E-state index contributed by atoms with van der Waals surface area (Å²) in [6.45, 7) is 0.577. The van der Waals surface area contributed by atoms with Gasteiger partial charge in [0, 0.05) is 18.3 Å². The molecule has 0 aliphatic carbocycles. The first-order chi connectivity index (χ1) is 15.0. The van der Waals surface area contributed by atoms with Gasteiger partial charge >= 0.3 is 0 Å². The van der Waals surface area contributed by atoms with Crippen LogP contribution in [0.1, 0.15) is 20.8 Å². The fourth-order valence-corrected chi connectivity index (χ4v) is 4.37. The third-order valence-corrected chi connectivity index (χ3v) is 6.16. The molecule has 0 aliphatic rings. The summed E-state index contributed by atoms with van der Waals surface area (Å²) in [4.78, 5) is 27.6. The molecule has 3 N–H and O–H groups in total. The van der Waals surface area contributed by atoms with Gasteiger partial charge in [0.1, 0.15) is 0 Å². The van der Waals surface area contributed by atoms with Crippen molar-refractivity contribution < 1.29 is 9.59 Å². The molecule has 0 bridgehead atoms. The second kappa shape index (κ2) is 9.02. The molecule has 31 heavy (non-hydrogen) atoms. The van der Waals surface area contributed by atoms with E-state index in [9.17, 15) is 9.59 Å². The van der Waals surface area contributed by atoms with Crippen molar-refractivity contribution in [2.75, 3.05) is 18.1 Å². The van der Waals surface area contributed by atoms with Crippen LogP contribution in [-0.2, 0) is 17.8 Å². The van der Waals surface area contributed by atoms with Gasteiger partial charge in [0.2, 0.25) is 5.91 Å². The number of fused-ring (bicyclic) bond motifs is 1. The highest BCUT2D eigenvalue weighted by atomic mass is 32.1. The monoisotopic (exact) mass is 429 g/mol. The van der Waals surface area contributed by atoms with Crippen LogP contribution in [0.5, 0.6) is 0 Å². The molecule has 0 aliphatic heterocycles. The fourth-order valence-electron chi connectivity index (χ4n) is 3.35. The van der Waals surface area contributed by atoms with Gasteiger partial charge in [-0.15, -0.1) is 11.3 Å². The maximum absolute atomic E-state index is 12.7. The van der Waals surface area contributed by atoms with Crippen LogP contribution in [0.2, 0.25) is 0 Å². The van der Waals surface area contributed by atoms with Gasteiger partial charge < -0.3 is 16.0 Å². The standard InChI is InChI=1S/C25H23N3O2S/c1-28(16-17-7-3-2-4-8-17)24(29)14-18-11-12-19-15-23(31-22(19)13-18)25(30)27-21-10-6-5-9-20(21)26/h2-13,15H,14,16,26H2,1H3,(H,27,30). The second-order valence-electron chi connectivity index (χ2n) is 7.44. The van der Waals surface area contributed by atoms with Crippen molar-refractivity contribution in [3.63, 3.8) is 0 Å². The second-order valence-corrected chi connectivity index (χ2v) is 8.52. The number of benzene rings is 3. The summed E-state index contributed by atoms with van der Waals surface area (Å²) in [6, 6.07) is 24.9. The van der Waals surface area contributed by atoms with Gasteiger partial charge in [0.25, 0.3) is 5.91 Å². The van der Waals surface area contributed by atoms with Gasteiger partial charge in [-0.1, -0.05) is 54.6 Å². The van der Waals surface area contributed by atoms with Crippen LogP contribution >= 0.6 is 11.3 Å². The highest BCUT2D eigenvalue weighted by Gasteiger charge is 2.14. The minimum absolute atomic E-state index is 0.0530. The predicted octanol–water partition coefficient (Wildman–Crippen LogP) is 4.94. The van der Waals surface area contributed by atoms with Crippen molar-refractivity contribution in [2.45, 2.75) is 13.0 Å². The molecule has 0 spiro atoms. The Balaban J connectivity index is 1.45. The van der Waals surface area contributed by atoms with E-state index in [0.29, 0.717) is 29.2 Å². The van der Waals surface area contributed by atoms with Gasteiger partial charge in [-0.25, -0.2) is 0 Å². The lowest BCUT2D eigenvalue weighted by molar-refractivity contribution is -0.129. The predicted molar refractivity (Wildman–Crippen MR) is 127 cm³/mol. The molecule has 1 heterocycles. The largest absolute Gasteiger partial charge is 0.397 e. The molecule has 5 nitrogen and oxygen atoms in total. The Morgan fingerprint density at radius 1 is 0.935 bits per heavy atom. The highest BCUT2D eigenvalue weighted by Crippen LogP contribution is 2.28. The van der Waals surface area contributed by atoms with Gasteiger partial charge in [0.15, 0.2) is 0 Å². The molecule has 3 aromatic carbocycles. The van der Waals surface area contributed by atoms with Gasteiger partial charge in [-0.3, -0.25) is 9.59 Å². The van der Waals surface area contributed by atoms with Gasteiger partial charge in [0.05, 0.1) is 22.7 Å². The van der Waals surface area contributed by atoms with E-state index >= 15 is 0 Å². The molecule has 0 radical (unpaired) electrons. The Labute approximate surface area is 185 Å². The summed E-state index contributed by atoms with van der Waals surface area (Å²) in [5.41, 5.74) is 9.06. The molecule has 4 rings (SSSR count). The van der Waals surface area contributed by atoms with Gasteiger partial charge in [-0.2, -0.15) is 0 Å². The van der Waals surface area contributed by atoms with Crippen LogP contribution in [0.15, 0.2) is 78.9 Å². The van der Waals surface area contributed by atoms with Crippen LogP contribution in [0.3, 0.4) is 0 Å². The Bertz CT molecular complexity index is 1230. The zero-order chi connectivity index (χ0) is 21.8. The van der Waals surface area contributed by atoms with E-state index in [0.717, 1.165) is 21.2 Å². The molecule has 0 atom stereocenters. The quantitative estimate of drug-likeness (QED) is 0.427. The molecule has 4 aromatic rings. The molecule has 0 saturated heterocycles. The number of rotatable bonds is 6. The van der Waals surface area contributed by atoms with E-state index in [1.807, 2.05) is 73.8 Å². The third-order valence-electron chi connectivity index (χ3n) is 5.06. The Morgan fingerprint density at radius 3 is 2.45 bits per heavy atom. The minimum atomic E-state index is -0.195. The number of hydrogen-bond donors (Lipinski definition) is 2. The van der Waals surface area contributed by atoms with Crippen molar-refractivity contribution in [1.82, 2.24) is 4.90 Å². The molecular formula is C25H23N3O2S. The Morgan fingerprint density at radius 2 is 1.68 bits per heavy atom. The summed E-state index contributed by atoms with van der Waals surface area (Å²) in [7, 11) is 1.82. The summed E-state index contributed by atoms with van der Waals surface area (Å²) < 4.78 is 0.974. The summed E-state index contributed by atoms with van der Waals surface area (Å²) >= 11 is 1.40. The summed E-state index contributed by atoms with van der Waals surface area (Å²) in [6.07, 6.45) is 0.319. The number of nitrogens with zero attached hydrogens (tertiary/aromatic N) is 1. The molecule has 156 valence electrons. The average Bonchev–Trinajstić information content (AvgIpc) is 3.19. The zero-order valence-corrected chi connectivity index (χ0v) is 18.0. The average molecular weight is 430 g/mol. The lowest BCUT2D eigenvalue weighted by Crippen LogP contribution is -2.27. The maximum Gasteiger partial charge on any atom is 0.265 e. The number of hydrogen-bond acceptors (Lipinski definition) is 4. The normalized spacial score (nSPS) is 10.7. The van der Waals surface area contributed by atoms with Crippen molar-refractivity contribution in [1.29, 1.82) is 0 Å². The topological polar surface area (TPSA) is 75.4 Å². The lowest BCUT2D eigenvalue weighted by Gasteiger charge is -2.17. The van der Waals surface area contributed by atoms with E-state index in [1.54, 1.807) is 17.0 Å². The number of anilines is 2. The molecule has 0 fully saturated rings. The Hall–Kier alpha value is -3.64. The van der Waals surface area contributed by atoms with Crippen molar-refractivity contribution in [3.8, 4) is 0 Å². The number of likely N-dealkylation sites (N-methyl/N-ethyl adjacent to an activating group) is 1. The summed E-state index contributed by atoms with van der Waals surface area (Å²) in [5, 5.41) is 3.83. The number of carbonyl (C=O) groups is 2. The first-order valence-corrected chi connectivity index (χ1v) is 10.8. The zero-order valence-electron chi connectivity index (χ0n) is 17.2. The van der Waals surface area contributed by atoms with E-state index in [1.165, 1.54) is 11.3 Å². The van der Waals surface area contributed by atoms with E-state index in [4.69, 9.17) is 5.73 Å². The first-order valence-electron chi connectivity index (χ1n) is 9.96. The summed E-state index contributed by atoms with van der Waals surface area (Å²) in [5.74, 6) is -0.142. The number of nitrogen functional groups attached to an aromatic ring is 1. The van der Waals surface area contributed by atoms with Gasteiger partial charge in [-0.05, 0) is 40.8 Å². The van der Waals surface area contributed by atoms with E-state index in [2.05, 4.69) is 5.32 Å². The smallest absolute Gasteiger partial charge is 0.265 e. The van der Waals surface area contributed by atoms with Crippen molar-refractivity contribution in [3.05, 3.63) is 94.9 Å².